The fourth-order valence-electron chi connectivity index (χ4n) is 2.50. The van der Waals surface area contributed by atoms with Gasteiger partial charge in [0.25, 0.3) is 11.8 Å². The number of amides is 4. The van der Waals surface area contributed by atoms with Crippen LogP contribution in [-0.4, -0.2) is 17.8 Å². The van der Waals surface area contributed by atoms with Crippen LogP contribution >= 0.6 is 23.5 Å². The van der Waals surface area contributed by atoms with Crippen molar-refractivity contribution in [1.82, 2.24) is 10.6 Å². The average molecular weight is 413 g/mol. The molecule has 3 rings (SSSR count). The summed E-state index contributed by atoms with van der Waals surface area (Å²) in [6, 6.07) is 15.4. The summed E-state index contributed by atoms with van der Waals surface area (Å²) in [5.74, 6) is -0.0728. The molecule has 5 nitrogen and oxygen atoms in total. The van der Waals surface area contributed by atoms with Crippen LogP contribution in [0.25, 0.3) is 0 Å². The van der Waals surface area contributed by atoms with Crippen molar-refractivity contribution < 1.29 is 14.4 Å². The molecule has 0 radical (unpaired) electrons. The highest BCUT2D eigenvalue weighted by molar-refractivity contribution is 8.21. The minimum atomic E-state index is -0.787. The molecule has 0 atom stereocenters. The second kappa shape index (κ2) is 9.12. The Bertz CT molecular complexity index is 862. The predicted octanol–water partition coefficient (Wildman–Crippen LogP) is 4.05. The molecule has 4 amide bonds. The van der Waals surface area contributed by atoms with Crippen molar-refractivity contribution in [3.63, 3.8) is 0 Å². The Morgan fingerprint density at radius 3 is 1.50 bits per heavy atom. The Labute approximate surface area is 172 Å². The maximum atomic E-state index is 12.3. The molecule has 7 heteroatoms. The zero-order chi connectivity index (χ0) is 20.1. The minimum absolute atomic E-state index is 0.00572. The van der Waals surface area contributed by atoms with Gasteiger partial charge < -0.3 is 0 Å². The van der Waals surface area contributed by atoms with E-state index in [4.69, 9.17) is 0 Å². The van der Waals surface area contributed by atoms with Crippen LogP contribution in [0.2, 0.25) is 0 Å². The van der Waals surface area contributed by atoms with E-state index in [1.54, 1.807) is 0 Å². The third kappa shape index (κ3) is 5.27. The first kappa shape index (κ1) is 20.2. The van der Waals surface area contributed by atoms with Gasteiger partial charge in [0.1, 0.15) is 5.57 Å². The summed E-state index contributed by atoms with van der Waals surface area (Å²) in [5.41, 5.74) is 4.53. The lowest BCUT2D eigenvalue weighted by Gasteiger charge is -2.18. The van der Waals surface area contributed by atoms with E-state index in [2.05, 4.69) is 10.6 Å². The third-order valence-electron chi connectivity index (χ3n) is 4.09. The SMILES string of the molecule is Cc1ccc(CSC(SCc2ccc(C)cc2)=C2C(=O)NC(=O)NC2=O)cc1. The Hall–Kier alpha value is -2.51. The number of barbiturate groups is 1. The lowest BCUT2D eigenvalue weighted by atomic mass is 10.2. The van der Waals surface area contributed by atoms with E-state index in [-0.39, 0.29) is 5.57 Å². The zero-order valence-electron chi connectivity index (χ0n) is 15.6. The molecule has 0 aliphatic carbocycles. The van der Waals surface area contributed by atoms with Gasteiger partial charge in [0, 0.05) is 11.5 Å². The first-order chi connectivity index (χ1) is 13.4. The Morgan fingerprint density at radius 1 is 0.714 bits per heavy atom. The van der Waals surface area contributed by atoms with Crippen molar-refractivity contribution >= 4 is 41.4 Å². The summed E-state index contributed by atoms with van der Waals surface area (Å²) in [4.78, 5) is 36.0. The van der Waals surface area contributed by atoms with Gasteiger partial charge in [-0.1, -0.05) is 59.7 Å². The number of hydrogen-bond donors (Lipinski definition) is 2. The molecule has 1 fully saturated rings. The number of hydrogen-bond acceptors (Lipinski definition) is 5. The Morgan fingerprint density at radius 2 is 1.11 bits per heavy atom. The number of imide groups is 2. The third-order valence-corrected chi connectivity index (χ3v) is 6.69. The van der Waals surface area contributed by atoms with Gasteiger partial charge >= 0.3 is 6.03 Å². The van der Waals surface area contributed by atoms with Crippen LogP contribution in [0.5, 0.6) is 0 Å². The Balaban J connectivity index is 1.82. The number of aryl methyl sites for hydroxylation is 2. The van der Waals surface area contributed by atoms with Crippen molar-refractivity contribution in [2.24, 2.45) is 0 Å². The topological polar surface area (TPSA) is 75.3 Å². The number of urea groups is 1. The minimum Gasteiger partial charge on any atom is -0.273 e. The smallest absolute Gasteiger partial charge is 0.273 e. The number of rotatable bonds is 6. The zero-order valence-corrected chi connectivity index (χ0v) is 17.2. The molecule has 2 N–H and O–H groups in total. The molecule has 0 saturated carbocycles. The monoisotopic (exact) mass is 412 g/mol. The van der Waals surface area contributed by atoms with Crippen LogP contribution in [0.1, 0.15) is 22.3 Å². The van der Waals surface area contributed by atoms with Gasteiger partial charge in [0.15, 0.2) is 0 Å². The second-order valence-electron chi connectivity index (χ2n) is 6.45. The molecule has 1 aliphatic heterocycles. The lowest BCUT2D eigenvalue weighted by molar-refractivity contribution is -0.124. The normalized spacial score (nSPS) is 13.9. The standard InChI is InChI=1S/C21H20N2O3S2/c1-13-3-7-15(8-4-13)11-27-20(17-18(24)22-21(26)23-19(17)25)28-12-16-9-5-14(2)6-10-16/h3-10H,11-12H2,1-2H3,(H2,22,23,24,25,26). The molecule has 0 aromatic heterocycles. The van der Waals surface area contributed by atoms with Gasteiger partial charge in [-0.3, -0.25) is 20.2 Å². The molecule has 1 aliphatic rings. The average Bonchev–Trinajstić information content (AvgIpc) is 2.65. The van der Waals surface area contributed by atoms with Gasteiger partial charge in [-0.05, 0) is 25.0 Å². The summed E-state index contributed by atoms with van der Waals surface area (Å²) in [5, 5.41) is 4.31. The molecule has 2 aromatic carbocycles. The van der Waals surface area contributed by atoms with Gasteiger partial charge in [-0.2, -0.15) is 0 Å². The van der Waals surface area contributed by atoms with E-state index in [1.807, 2.05) is 62.4 Å². The summed E-state index contributed by atoms with van der Waals surface area (Å²) in [6.45, 7) is 4.05. The number of benzene rings is 2. The van der Waals surface area contributed by atoms with E-state index < -0.39 is 17.8 Å². The van der Waals surface area contributed by atoms with Gasteiger partial charge in [-0.25, -0.2) is 4.79 Å². The molecular weight excluding hydrogens is 392 g/mol. The largest absolute Gasteiger partial charge is 0.328 e. The molecule has 28 heavy (non-hydrogen) atoms. The fraction of sp³-hybridized carbons (Fsp3) is 0.190. The molecule has 2 aromatic rings. The fourth-order valence-corrected chi connectivity index (χ4v) is 4.83. The molecule has 1 heterocycles. The van der Waals surface area contributed by atoms with Crippen molar-refractivity contribution in [1.29, 1.82) is 0 Å². The molecule has 1 saturated heterocycles. The van der Waals surface area contributed by atoms with Crippen molar-refractivity contribution in [3.05, 3.63) is 80.6 Å². The number of carbonyl (C=O) groups excluding carboxylic acids is 3. The van der Waals surface area contributed by atoms with E-state index in [1.165, 1.54) is 34.7 Å². The van der Waals surface area contributed by atoms with Crippen LogP contribution in [0.15, 0.2) is 58.3 Å². The van der Waals surface area contributed by atoms with E-state index in [0.29, 0.717) is 15.7 Å². The van der Waals surface area contributed by atoms with Crippen LogP contribution < -0.4 is 10.6 Å². The summed E-state index contributed by atoms with van der Waals surface area (Å²) >= 11 is 2.86. The number of thioether (sulfide) groups is 2. The van der Waals surface area contributed by atoms with Crippen molar-refractivity contribution in [2.45, 2.75) is 25.4 Å². The van der Waals surface area contributed by atoms with E-state index in [9.17, 15) is 14.4 Å². The highest BCUT2D eigenvalue weighted by atomic mass is 32.2. The molecule has 0 bridgehead atoms. The molecule has 144 valence electrons. The molecule has 0 spiro atoms. The second-order valence-corrected chi connectivity index (χ2v) is 8.68. The Kier molecular flexibility index (Phi) is 6.59. The van der Waals surface area contributed by atoms with E-state index >= 15 is 0 Å². The lowest BCUT2D eigenvalue weighted by Crippen LogP contribution is -2.51. The predicted molar refractivity (Wildman–Crippen MR) is 114 cm³/mol. The van der Waals surface area contributed by atoms with Gasteiger partial charge in [0.05, 0.1) is 4.24 Å². The van der Waals surface area contributed by atoms with E-state index in [0.717, 1.165) is 11.1 Å². The summed E-state index contributed by atoms with van der Waals surface area (Å²) in [7, 11) is 0. The molecular formula is C21H20N2O3S2. The number of nitrogens with one attached hydrogen (secondary N) is 2. The highest BCUT2D eigenvalue weighted by Crippen LogP contribution is 2.37. The van der Waals surface area contributed by atoms with Crippen LogP contribution in [0.4, 0.5) is 4.79 Å². The summed E-state index contributed by atoms with van der Waals surface area (Å²) in [6.07, 6.45) is 0. The van der Waals surface area contributed by atoms with Crippen LogP contribution in [0.3, 0.4) is 0 Å². The first-order valence-corrected chi connectivity index (χ1v) is 10.7. The summed E-state index contributed by atoms with van der Waals surface area (Å²) < 4.78 is 0.601. The van der Waals surface area contributed by atoms with Crippen LogP contribution in [-0.2, 0) is 21.1 Å². The quantitative estimate of drug-likeness (QED) is 0.553. The van der Waals surface area contributed by atoms with Gasteiger partial charge in [0.2, 0.25) is 0 Å². The van der Waals surface area contributed by atoms with Gasteiger partial charge in [-0.15, -0.1) is 23.5 Å². The van der Waals surface area contributed by atoms with Crippen molar-refractivity contribution in [3.8, 4) is 0 Å². The van der Waals surface area contributed by atoms with Crippen LogP contribution in [0, 0.1) is 13.8 Å². The van der Waals surface area contributed by atoms with Crippen molar-refractivity contribution in [2.75, 3.05) is 0 Å². The first-order valence-electron chi connectivity index (χ1n) is 8.70. The molecule has 0 unspecified atom stereocenters. The maximum absolute atomic E-state index is 12.3. The maximum Gasteiger partial charge on any atom is 0.328 e. The number of carbonyl (C=O) groups is 3. The highest BCUT2D eigenvalue weighted by Gasteiger charge is 2.31.